The van der Waals surface area contributed by atoms with Crippen molar-refractivity contribution in [3.05, 3.63) is 35.2 Å². The highest BCUT2D eigenvalue weighted by molar-refractivity contribution is 6.30. The lowest BCUT2D eigenvalue weighted by Gasteiger charge is -2.05. The van der Waals surface area contributed by atoms with E-state index in [1.54, 1.807) is 31.2 Å². The molecule has 0 aliphatic heterocycles. The Morgan fingerprint density at radius 3 is 2.82 bits per heavy atom. The molecule has 0 bridgehead atoms. The number of carbonyl (C=O) groups excluding carboxylic acids is 1. The van der Waals surface area contributed by atoms with Crippen molar-refractivity contribution in [2.75, 3.05) is 6.54 Å². The summed E-state index contributed by atoms with van der Waals surface area (Å²) in [5, 5.41) is 16.4. The molecule has 22 heavy (non-hydrogen) atoms. The van der Waals surface area contributed by atoms with Gasteiger partial charge in [0.25, 0.3) is 0 Å². The van der Waals surface area contributed by atoms with E-state index in [0.29, 0.717) is 36.1 Å². The van der Waals surface area contributed by atoms with Crippen LogP contribution in [0.15, 0.2) is 28.8 Å². The molecule has 0 aliphatic rings. The van der Waals surface area contributed by atoms with E-state index in [4.69, 9.17) is 21.2 Å². The summed E-state index contributed by atoms with van der Waals surface area (Å²) in [6.07, 6.45) is 0.758. The van der Waals surface area contributed by atoms with Gasteiger partial charge in [-0.15, -0.1) is 0 Å². The fourth-order valence-electron chi connectivity index (χ4n) is 1.80. The van der Waals surface area contributed by atoms with Crippen LogP contribution in [0.1, 0.15) is 25.7 Å². The van der Waals surface area contributed by atoms with Gasteiger partial charge < -0.3 is 14.9 Å². The van der Waals surface area contributed by atoms with Crippen LogP contribution in [0.3, 0.4) is 0 Å². The number of aliphatic hydroxyl groups excluding tert-OH is 1. The number of aliphatic hydroxyl groups is 1. The maximum absolute atomic E-state index is 11.6. The van der Waals surface area contributed by atoms with Gasteiger partial charge >= 0.3 is 0 Å². The first-order chi connectivity index (χ1) is 10.5. The van der Waals surface area contributed by atoms with Crippen LogP contribution in [0.2, 0.25) is 5.02 Å². The molecule has 6 nitrogen and oxygen atoms in total. The van der Waals surface area contributed by atoms with E-state index >= 15 is 0 Å². The van der Waals surface area contributed by atoms with Gasteiger partial charge in [-0.1, -0.05) is 16.8 Å². The van der Waals surface area contributed by atoms with Gasteiger partial charge in [-0.25, -0.2) is 0 Å². The Morgan fingerprint density at radius 1 is 1.41 bits per heavy atom. The zero-order valence-corrected chi connectivity index (χ0v) is 13.0. The average molecular weight is 324 g/mol. The van der Waals surface area contributed by atoms with Gasteiger partial charge in [0.1, 0.15) is 0 Å². The van der Waals surface area contributed by atoms with Crippen molar-refractivity contribution in [1.29, 1.82) is 0 Å². The second-order valence-electron chi connectivity index (χ2n) is 5.01. The SMILES string of the molecule is CC(O)CCNC(=O)CCc1nc(-c2ccc(Cl)cc2)no1. The number of rotatable bonds is 7. The molecule has 1 atom stereocenters. The lowest BCUT2D eigenvalue weighted by molar-refractivity contribution is -0.121. The summed E-state index contributed by atoms with van der Waals surface area (Å²) in [6, 6.07) is 7.12. The minimum absolute atomic E-state index is 0.105. The maximum Gasteiger partial charge on any atom is 0.227 e. The fraction of sp³-hybridized carbons (Fsp3) is 0.400. The summed E-state index contributed by atoms with van der Waals surface area (Å²) in [6.45, 7) is 2.14. The predicted octanol–water partition coefficient (Wildman–Crippen LogP) is 2.21. The van der Waals surface area contributed by atoms with Crippen molar-refractivity contribution in [2.24, 2.45) is 0 Å². The number of nitrogens with zero attached hydrogens (tertiary/aromatic N) is 2. The highest BCUT2D eigenvalue weighted by Gasteiger charge is 2.10. The number of hydrogen-bond donors (Lipinski definition) is 2. The van der Waals surface area contributed by atoms with Gasteiger partial charge in [0, 0.05) is 30.0 Å². The van der Waals surface area contributed by atoms with Crippen molar-refractivity contribution < 1.29 is 14.4 Å². The van der Waals surface area contributed by atoms with Gasteiger partial charge in [0.2, 0.25) is 17.6 Å². The molecule has 1 amide bonds. The molecular weight excluding hydrogens is 306 g/mol. The highest BCUT2D eigenvalue weighted by atomic mass is 35.5. The van der Waals surface area contributed by atoms with Crippen molar-refractivity contribution in [2.45, 2.75) is 32.3 Å². The van der Waals surface area contributed by atoms with Crippen LogP contribution in [0.5, 0.6) is 0 Å². The van der Waals surface area contributed by atoms with E-state index in [9.17, 15) is 4.79 Å². The standard InChI is InChI=1S/C15H18ClN3O3/c1-10(20)8-9-17-13(21)6-7-14-18-15(19-22-14)11-2-4-12(16)5-3-11/h2-5,10,20H,6-9H2,1H3,(H,17,21). The van der Waals surface area contributed by atoms with Crippen LogP contribution in [0.25, 0.3) is 11.4 Å². The molecule has 1 aromatic heterocycles. The summed E-state index contributed by atoms with van der Waals surface area (Å²) in [4.78, 5) is 15.9. The fourth-order valence-corrected chi connectivity index (χ4v) is 1.93. The van der Waals surface area contributed by atoms with Crippen LogP contribution in [0.4, 0.5) is 0 Å². The van der Waals surface area contributed by atoms with Gasteiger partial charge in [-0.2, -0.15) is 4.98 Å². The summed E-state index contributed by atoms with van der Waals surface area (Å²) >= 11 is 5.83. The lowest BCUT2D eigenvalue weighted by Crippen LogP contribution is -2.26. The second kappa shape index (κ2) is 7.91. The number of carbonyl (C=O) groups is 1. The van der Waals surface area contributed by atoms with Gasteiger partial charge in [-0.3, -0.25) is 4.79 Å². The zero-order chi connectivity index (χ0) is 15.9. The summed E-state index contributed by atoms with van der Waals surface area (Å²) in [7, 11) is 0. The number of nitrogens with one attached hydrogen (secondary N) is 1. The topological polar surface area (TPSA) is 88.2 Å². The Kier molecular flexibility index (Phi) is 5.91. The van der Waals surface area contributed by atoms with Crippen LogP contribution < -0.4 is 5.32 Å². The van der Waals surface area contributed by atoms with E-state index < -0.39 is 6.10 Å². The highest BCUT2D eigenvalue weighted by Crippen LogP contribution is 2.18. The van der Waals surface area contributed by atoms with Crippen molar-refractivity contribution >= 4 is 17.5 Å². The van der Waals surface area contributed by atoms with E-state index in [-0.39, 0.29) is 12.3 Å². The van der Waals surface area contributed by atoms with Gasteiger partial charge in [-0.05, 0) is 37.6 Å². The number of aromatic nitrogens is 2. The average Bonchev–Trinajstić information content (AvgIpc) is 2.94. The van der Waals surface area contributed by atoms with Crippen LogP contribution in [-0.4, -0.2) is 33.8 Å². The Balaban J connectivity index is 1.82. The number of aryl methyl sites for hydroxylation is 1. The molecule has 0 spiro atoms. The second-order valence-corrected chi connectivity index (χ2v) is 5.44. The molecule has 0 saturated heterocycles. The van der Waals surface area contributed by atoms with E-state index in [1.165, 1.54) is 0 Å². The van der Waals surface area contributed by atoms with E-state index in [1.807, 2.05) is 0 Å². The Hall–Kier alpha value is -1.92. The molecule has 2 rings (SSSR count). The molecule has 0 radical (unpaired) electrons. The third-order valence-electron chi connectivity index (χ3n) is 3.02. The third-order valence-corrected chi connectivity index (χ3v) is 3.27. The summed E-state index contributed by atoms with van der Waals surface area (Å²) in [5.41, 5.74) is 0.806. The number of hydrogen-bond acceptors (Lipinski definition) is 5. The number of halogens is 1. The van der Waals surface area contributed by atoms with E-state index in [0.717, 1.165) is 5.56 Å². The normalized spacial score (nSPS) is 12.1. The Morgan fingerprint density at radius 2 is 2.14 bits per heavy atom. The largest absolute Gasteiger partial charge is 0.393 e. The minimum Gasteiger partial charge on any atom is -0.393 e. The molecule has 0 fully saturated rings. The smallest absolute Gasteiger partial charge is 0.227 e. The molecule has 118 valence electrons. The van der Waals surface area contributed by atoms with Crippen molar-refractivity contribution in [1.82, 2.24) is 15.5 Å². The molecule has 1 heterocycles. The molecule has 1 unspecified atom stereocenters. The van der Waals surface area contributed by atoms with Crippen LogP contribution in [-0.2, 0) is 11.2 Å². The quantitative estimate of drug-likeness (QED) is 0.815. The van der Waals surface area contributed by atoms with E-state index in [2.05, 4.69) is 15.5 Å². The Bertz CT molecular complexity index is 611. The molecule has 1 aromatic carbocycles. The molecule has 2 aromatic rings. The molecule has 7 heteroatoms. The first kappa shape index (κ1) is 16.5. The molecule has 2 N–H and O–H groups in total. The van der Waals surface area contributed by atoms with Gasteiger partial charge in [0.15, 0.2) is 0 Å². The number of amides is 1. The third kappa shape index (κ3) is 5.13. The zero-order valence-electron chi connectivity index (χ0n) is 12.3. The molecule has 0 saturated carbocycles. The summed E-state index contributed by atoms with van der Waals surface area (Å²) in [5.74, 6) is 0.781. The first-order valence-electron chi connectivity index (χ1n) is 7.08. The minimum atomic E-state index is -0.418. The molecule has 0 aliphatic carbocycles. The maximum atomic E-state index is 11.6. The van der Waals surface area contributed by atoms with Crippen LogP contribution in [0, 0.1) is 0 Å². The van der Waals surface area contributed by atoms with Crippen molar-refractivity contribution in [3.8, 4) is 11.4 Å². The molecular formula is C15H18ClN3O3. The summed E-state index contributed by atoms with van der Waals surface area (Å²) < 4.78 is 5.13. The Labute approximate surface area is 133 Å². The number of benzene rings is 1. The lowest BCUT2D eigenvalue weighted by atomic mass is 10.2. The van der Waals surface area contributed by atoms with Crippen molar-refractivity contribution in [3.63, 3.8) is 0 Å². The first-order valence-corrected chi connectivity index (χ1v) is 7.45. The van der Waals surface area contributed by atoms with Gasteiger partial charge in [0.05, 0.1) is 6.10 Å². The predicted molar refractivity (Wildman–Crippen MR) is 82.4 cm³/mol. The monoisotopic (exact) mass is 323 g/mol. The van der Waals surface area contributed by atoms with Crippen LogP contribution >= 0.6 is 11.6 Å².